The van der Waals surface area contributed by atoms with E-state index in [0.717, 1.165) is 16.4 Å². The van der Waals surface area contributed by atoms with E-state index in [4.69, 9.17) is 4.74 Å². The number of benzene rings is 1. The fourth-order valence-electron chi connectivity index (χ4n) is 2.41. The topological polar surface area (TPSA) is 50.9 Å². The molecule has 0 unspecified atom stereocenters. The van der Waals surface area contributed by atoms with Gasteiger partial charge in [0, 0.05) is 5.39 Å². The molecule has 0 fully saturated rings. The SMILES string of the molecule is CC(C)OC(=O)c1c2ccccc2n2cc(O)ccc12. The number of hydrogen-bond acceptors (Lipinski definition) is 3. The summed E-state index contributed by atoms with van der Waals surface area (Å²) in [5.74, 6) is -0.189. The van der Waals surface area contributed by atoms with E-state index in [9.17, 15) is 9.90 Å². The highest BCUT2D eigenvalue weighted by atomic mass is 16.5. The van der Waals surface area contributed by atoms with Gasteiger partial charge in [-0.05, 0) is 32.0 Å². The van der Waals surface area contributed by atoms with Crippen LogP contribution < -0.4 is 0 Å². The molecule has 0 aliphatic carbocycles. The fourth-order valence-corrected chi connectivity index (χ4v) is 2.41. The van der Waals surface area contributed by atoms with Crippen LogP contribution in [0.5, 0.6) is 5.75 Å². The van der Waals surface area contributed by atoms with Crippen LogP contribution >= 0.6 is 0 Å². The fraction of sp³-hybridized carbons (Fsp3) is 0.188. The van der Waals surface area contributed by atoms with Crippen LogP contribution in [0.25, 0.3) is 16.4 Å². The molecule has 20 heavy (non-hydrogen) atoms. The van der Waals surface area contributed by atoms with Crippen molar-refractivity contribution in [2.45, 2.75) is 20.0 Å². The highest BCUT2D eigenvalue weighted by Gasteiger charge is 2.20. The van der Waals surface area contributed by atoms with Gasteiger partial charge in [-0.15, -0.1) is 0 Å². The van der Waals surface area contributed by atoms with Gasteiger partial charge in [-0.25, -0.2) is 4.79 Å². The van der Waals surface area contributed by atoms with Crippen LogP contribution in [0, 0.1) is 0 Å². The number of esters is 1. The number of rotatable bonds is 2. The molecule has 2 heterocycles. The Morgan fingerprint density at radius 2 is 1.90 bits per heavy atom. The number of aromatic nitrogens is 1. The number of pyridine rings is 1. The molecule has 3 rings (SSSR count). The molecular formula is C16H15NO3. The maximum atomic E-state index is 12.3. The van der Waals surface area contributed by atoms with Crippen LogP contribution in [0.1, 0.15) is 24.2 Å². The standard InChI is InChI=1S/C16H15NO3/c1-10(2)20-16(19)15-12-5-3-4-6-13(12)17-9-11(18)7-8-14(15)17/h3-10,18H,1-2H3. The molecule has 102 valence electrons. The monoisotopic (exact) mass is 269 g/mol. The number of fused-ring (bicyclic) bond motifs is 3. The Balaban J connectivity index is 2.35. The van der Waals surface area contributed by atoms with Crippen molar-refractivity contribution in [2.24, 2.45) is 0 Å². The number of aromatic hydroxyl groups is 1. The first kappa shape index (κ1) is 12.5. The summed E-state index contributed by atoms with van der Waals surface area (Å²) in [6, 6.07) is 10.9. The van der Waals surface area contributed by atoms with E-state index < -0.39 is 0 Å². The van der Waals surface area contributed by atoms with Crippen LogP contribution in [-0.2, 0) is 4.74 Å². The summed E-state index contributed by atoms with van der Waals surface area (Å²) in [6.45, 7) is 3.65. The Bertz CT molecular complexity index is 802. The number of nitrogens with zero attached hydrogens (tertiary/aromatic N) is 1. The Morgan fingerprint density at radius 1 is 1.15 bits per heavy atom. The first-order chi connectivity index (χ1) is 9.58. The highest BCUT2D eigenvalue weighted by molar-refractivity contribution is 6.11. The van der Waals surface area contributed by atoms with E-state index in [-0.39, 0.29) is 17.8 Å². The van der Waals surface area contributed by atoms with E-state index in [1.165, 1.54) is 0 Å². The maximum Gasteiger partial charge on any atom is 0.341 e. The molecule has 0 aliphatic rings. The van der Waals surface area contributed by atoms with Gasteiger partial charge in [-0.3, -0.25) is 0 Å². The average Bonchev–Trinajstić information content (AvgIpc) is 2.72. The van der Waals surface area contributed by atoms with Gasteiger partial charge < -0.3 is 14.2 Å². The molecule has 0 radical (unpaired) electrons. The second kappa shape index (κ2) is 4.56. The van der Waals surface area contributed by atoms with Crippen LogP contribution in [0.4, 0.5) is 0 Å². The number of hydrogen-bond donors (Lipinski definition) is 1. The lowest BCUT2D eigenvalue weighted by Gasteiger charge is -2.07. The van der Waals surface area contributed by atoms with Gasteiger partial charge in [0.15, 0.2) is 0 Å². The second-order valence-corrected chi connectivity index (χ2v) is 4.99. The molecule has 1 N–H and O–H groups in total. The summed E-state index contributed by atoms with van der Waals surface area (Å²) in [5, 5.41) is 10.5. The molecule has 2 aromatic heterocycles. The van der Waals surface area contributed by atoms with Crippen LogP contribution in [0.2, 0.25) is 0 Å². The Kier molecular flexibility index (Phi) is 2.86. The molecular weight excluding hydrogens is 254 g/mol. The molecule has 4 nitrogen and oxygen atoms in total. The van der Waals surface area contributed by atoms with Crippen LogP contribution in [-0.4, -0.2) is 21.6 Å². The lowest BCUT2D eigenvalue weighted by Crippen LogP contribution is -2.11. The first-order valence-corrected chi connectivity index (χ1v) is 6.50. The van der Waals surface area contributed by atoms with Gasteiger partial charge in [-0.2, -0.15) is 0 Å². The summed E-state index contributed by atoms with van der Waals surface area (Å²) in [7, 11) is 0. The Hall–Kier alpha value is -2.49. The van der Waals surface area contributed by atoms with Gasteiger partial charge in [0.2, 0.25) is 0 Å². The summed E-state index contributed by atoms with van der Waals surface area (Å²) >= 11 is 0. The third-order valence-corrected chi connectivity index (χ3v) is 3.17. The number of ether oxygens (including phenoxy) is 1. The number of para-hydroxylation sites is 1. The second-order valence-electron chi connectivity index (χ2n) is 4.99. The van der Waals surface area contributed by atoms with E-state index >= 15 is 0 Å². The van der Waals surface area contributed by atoms with Crippen molar-refractivity contribution in [3.63, 3.8) is 0 Å². The number of carbonyl (C=O) groups excluding carboxylic acids is 1. The van der Waals surface area contributed by atoms with Crippen molar-refractivity contribution in [2.75, 3.05) is 0 Å². The predicted molar refractivity (Wildman–Crippen MR) is 77.1 cm³/mol. The van der Waals surface area contributed by atoms with E-state index in [1.807, 2.05) is 42.5 Å². The smallest absolute Gasteiger partial charge is 0.341 e. The quantitative estimate of drug-likeness (QED) is 0.726. The molecule has 0 aliphatic heterocycles. The minimum absolute atomic E-state index is 0.155. The molecule has 0 saturated carbocycles. The van der Waals surface area contributed by atoms with Gasteiger partial charge in [0.05, 0.1) is 28.9 Å². The zero-order valence-corrected chi connectivity index (χ0v) is 11.3. The summed E-state index contributed by atoms with van der Waals surface area (Å²) in [4.78, 5) is 12.3. The highest BCUT2D eigenvalue weighted by Crippen LogP contribution is 2.29. The summed E-state index contributed by atoms with van der Waals surface area (Å²) < 4.78 is 7.13. The average molecular weight is 269 g/mol. The molecule has 3 aromatic rings. The lowest BCUT2D eigenvalue weighted by molar-refractivity contribution is 0.0382. The van der Waals surface area contributed by atoms with Crippen molar-refractivity contribution < 1.29 is 14.6 Å². The van der Waals surface area contributed by atoms with Gasteiger partial charge in [0.25, 0.3) is 0 Å². The molecule has 1 aromatic carbocycles. The minimum atomic E-state index is -0.343. The van der Waals surface area contributed by atoms with Crippen molar-refractivity contribution in [1.82, 2.24) is 4.40 Å². The third kappa shape index (κ3) is 1.90. The van der Waals surface area contributed by atoms with Gasteiger partial charge in [-0.1, -0.05) is 18.2 Å². The zero-order valence-electron chi connectivity index (χ0n) is 11.3. The molecule has 0 atom stereocenters. The van der Waals surface area contributed by atoms with Gasteiger partial charge in [0.1, 0.15) is 5.75 Å². The van der Waals surface area contributed by atoms with E-state index in [0.29, 0.717) is 5.56 Å². The van der Waals surface area contributed by atoms with Crippen LogP contribution in [0.3, 0.4) is 0 Å². The Morgan fingerprint density at radius 3 is 2.65 bits per heavy atom. The van der Waals surface area contributed by atoms with E-state index in [1.54, 1.807) is 18.3 Å². The lowest BCUT2D eigenvalue weighted by atomic mass is 10.1. The normalized spacial score (nSPS) is 11.3. The predicted octanol–water partition coefficient (Wildman–Crippen LogP) is 3.36. The van der Waals surface area contributed by atoms with Crippen molar-refractivity contribution in [3.8, 4) is 5.75 Å². The van der Waals surface area contributed by atoms with Gasteiger partial charge >= 0.3 is 5.97 Å². The van der Waals surface area contributed by atoms with E-state index in [2.05, 4.69) is 0 Å². The molecule has 0 amide bonds. The van der Waals surface area contributed by atoms with Crippen molar-refractivity contribution >= 4 is 22.4 Å². The molecule has 0 bridgehead atoms. The largest absolute Gasteiger partial charge is 0.506 e. The summed E-state index contributed by atoms with van der Waals surface area (Å²) in [5.41, 5.74) is 2.14. The van der Waals surface area contributed by atoms with Crippen molar-refractivity contribution in [3.05, 3.63) is 48.2 Å². The van der Waals surface area contributed by atoms with Crippen molar-refractivity contribution in [1.29, 1.82) is 0 Å². The number of carbonyl (C=O) groups is 1. The zero-order chi connectivity index (χ0) is 14.3. The third-order valence-electron chi connectivity index (χ3n) is 3.17. The maximum absolute atomic E-state index is 12.3. The minimum Gasteiger partial charge on any atom is -0.506 e. The molecule has 0 saturated heterocycles. The summed E-state index contributed by atoms with van der Waals surface area (Å²) in [6.07, 6.45) is 1.43. The van der Waals surface area contributed by atoms with Crippen LogP contribution in [0.15, 0.2) is 42.6 Å². The molecule has 4 heteroatoms. The Labute approximate surface area is 116 Å². The first-order valence-electron chi connectivity index (χ1n) is 6.50. The molecule has 0 spiro atoms.